The average Bonchev–Trinajstić information content (AvgIpc) is 2.37. The van der Waals surface area contributed by atoms with Crippen LogP contribution in [0.2, 0.25) is 0 Å². The number of carbonyl (C=O) groups is 1. The molecule has 2 N–H and O–H groups in total. The molecule has 4 nitrogen and oxygen atoms in total. The maximum atomic E-state index is 13.2. The van der Waals surface area contributed by atoms with Crippen LogP contribution in [0.1, 0.15) is 19.4 Å². The van der Waals surface area contributed by atoms with Gasteiger partial charge in [0.05, 0.1) is 12.5 Å². The Balaban J connectivity index is 2.80. The molecule has 0 spiro atoms. The smallest absolute Gasteiger partial charge is 0.314 e. The van der Waals surface area contributed by atoms with Gasteiger partial charge in [0.15, 0.2) is 0 Å². The number of benzene rings is 1. The van der Waals surface area contributed by atoms with Gasteiger partial charge < -0.3 is 15.2 Å². The molecule has 0 aliphatic heterocycles. The van der Waals surface area contributed by atoms with Crippen LogP contribution < -0.4 is 10.5 Å². The predicted molar refractivity (Wildman–Crippen MR) is 70.5 cm³/mol. The average molecular weight is 269 g/mol. The summed E-state index contributed by atoms with van der Waals surface area (Å²) < 4.78 is 23.5. The third-order valence-corrected chi connectivity index (χ3v) is 2.76. The number of rotatable bonds is 6. The third kappa shape index (κ3) is 4.21. The first-order valence-electron chi connectivity index (χ1n) is 6.10. The summed E-state index contributed by atoms with van der Waals surface area (Å²) in [5.74, 6) is -0.137. The van der Waals surface area contributed by atoms with Gasteiger partial charge in [0, 0.05) is 0 Å². The summed E-state index contributed by atoms with van der Waals surface area (Å²) in [6, 6.07) is 4.27. The first-order valence-corrected chi connectivity index (χ1v) is 6.10. The van der Waals surface area contributed by atoms with Crippen LogP contribution in [0.5, 0.6) is 5.75 Å². The molecule has 106 valence electrons. The monoisotopic (exact) mass is 269 g/mol. The van der Waals surface area contributed by atoms with E-state index in [0.717, 1.165) is 0 Å². The Hall–Kier alpha value is -1.62. The molecule has 1 aromatic carbocycles. The molecule has 1 aromatic rings. The zero-order valence-electron chi connectivity index (χ0n) is 11.5. The van der Waals surface area contributed by atoms with Crippen LogP contribution in [0.25, 0.3) is 0 Å². The Bertz CT molecular complexity index is 446. The van der Waals surface area contributed by atoms with E-state index in [4.69, 9.17) is 15.2 Å². The van der Waals surface area contributed by atoms with E-state index < -0.39 is 5.41 Å². The van der Waals surface area contributed by atoms with Gasteiger partial charge in [-0.3, -0.25) is 4.79 Å². The second kappa shape index (κ2) is 6.52. The Morgan fingerprint density at radius 3 is 2.68 bits per heavy atom. The Morgan fingerprint density at radius 1 is 1.42 bits per heavy atom. The lowest BCUT2D eigenvalue weighted by Gasteiger charge is -2.22. The van der Waals surface area contributed by atoms with Crippen LogP contribution in [0.4, 0.5) is 4.39 Å². The fourth-order valence-corrected chi connectivity index (χ4v) is 1.63. The molecular formula is C14H20FNO3. The largest absolute Gasteiger partial charge is 0.492 e. The highest BCUT2D eigenvalue weighted by Crippen LogP contribution is 2.24. The molecule has 0 aliphatic rings. The molecule has 0 saturated carbocycles. The molecule has 0 unspecified atom stereocenters. The molecule has 0 saturated heterocycles. The molecule has 0 heterocycles. The van der Waals surface area contributed by atoms with Gasteiger partial charge in [0.1, 0.15) is 18.2 Å². The number of methoxy groups -OCH3 is 1. The fraction of sp³-hybridized carbons (Fsp3) is 0.500. The van der Waals surface area contributed by atoms with Crippen molar-refractivity contribution in [1.29, 1.82) is 0 Å². The van der Waals surface area contributed by atoms with Crippen molar-refractivity contribution < 1.29 is 18.7 Å². The minimum Gasteiger partial charge on any atom is -0.492 e. The lowest BCUT2D eigenvalue weighted by molar-refractivity contribution is -0.152. The second-order valence-corrected chi connectivity index (χ2v) is 4.95. The maximum Gasteiger partial charge on any atom is 0.314 e. The van der Waals surface area contributed by atoms with Crippen molar-refractivity contribution in [1.82, 2.24) is 0 Å². The maximum absolute atomic E-state index is 13.2. The zero-order chi connectivity index (χ0) is 14.5. The van der Waals surface area contributed by atoms with E-state index in [-0.39, 0.29) is 18.4 Å². The number of nitrogens with two attached hydrogens (primary N) is 1. The van der Waals surface area contributed by atoms with E-state index in [1.54, 1.807) is 19.9 Å². The van der Waals surface area contributed by atoms with Crippen molar-refractivity contribution in [3.05, 3.63) is 29.6 Å². The number of hydrogen-bond donors (Lipinski definition) is 1. The summed E-state index contributed by atoms with van der Waals surface area (Å²) in [6.07, 6.45) is 0.520. The van der Waals surface area contributed by atoms with E-state index >= 15 is 0 Å². The standard InChI is InChI=1S/C14H20FNO3/c1-14(2,13(17)18-3)9-19-12-5-4-11(15)8-10(12)6-7-16/h4-5,8H,6-7,9,16H2,1-3H3. The lowest BCUT2D eigenvalue weighted by Crippen LogP contribution is -2.32. The molecule has 0 fully saturated rings. The Labute approximate surface area is 112 Å². The van der Waals surface area contributed by atoms with Gasteiger partial charge in [0.2, 0.25) is 0 Å². The van der Waals surface area contributed by atoms with E-state index in [2.05, 4.69) is 0 Å². The van der Waals surface area contributed by atoms with Crippen LogP contribution >= 0.6 is 0 Å². The fourth-order valence-electron chi connectivity index (χ4n) is 1.63. The van der Waals surface area contributed by atoms with Crippen molar-refractivity contribution >= 4 is 5.97 Å². The molecule has 0 aromatic heterocycles. The first kappa shape index (κ1) is 15.4. The van der Waals surface area contributed by atoms with Crippen LogP contribution in [-0.4, -0.2) is 26.2 Å². The van der Waals surface area contributed by atoms with Gasteiger partial charge in [-0.25, -0.2) is 4.39 Å². The van der Waals surface area contributed by atoms with Crippen LogP contribution in [0.15, 0.2) is 18.2 Å². The van der Waals surface area contributed by atoms with Crippen molar-refractivity contribution in [2.24, 2.45) is 11.1 Å². The zero-order valence-corrected chi connectivity index (χ0v) is 11.5. The topological polar surface area (TPSA) is 61.5 Å². The lowest BCUT2D eigenvalue weighted by atomic mass is 9.95. The summed E-state index contributed by atoms with van der Waals surface area (Å²) >= 11 is 0. The SMILES string of the molecule is COC(=O)C(C)(C)COc1ccc(F)cc1CCN. The van der Waals surface area contributed by atoms with Crippen molar-refractivity contribution in [2.75, 3.05) is 20.3 Å². The minimum atomic E-state index is -0.761. The minimum absolute atomic E-state index is 0.156. The summed E-state index contributed by atoms with van der Waals surface area (Å²) in [5, 5.41) is 0. The highest BCUT2D eigenvalue weighted by molar-refractivity contribution is 5.75. The molecule has 0 aliphatic carbocycles. The Kier molecular flexibility index (Phi) is 5.30. The first-order chi connectivity index (χ1) is 8.90. The second-order valence-electron chi connectivity index (χ2n) is 4.95. The third-order valence-electron chi connectivity index (χ3n) is 2.76. The van der Waals surface area contributed by atoms with E-state index in [0.29, 0.717) is 24.3 Å². The summed E-state index contributed by atoms with van der Waals surface area (Å²) in [7, 11) is 1.34. The van der Waals surface area contributed by atoms with E-state index in [1.165, 1.54) is 19.2 Å². The summed E-state index contributed by atoms with van der Waals surface area (Å²) in [4.78, 5) is 11.5. The molecule has 1 rings (SSSR count). The van der Waals surface area contributed by atoms with Crippen LogP contribution in [0.3, 0.4) is 0 Å². The van der Waals surface area contributed by atoms with Gasteiger partial charge in [-0.2, -0.15) is 0 Å². The number of hydrogen-bond acceptors (Lipinski definition) is 4. The number of ether oxygens (including phenoxy) is 2. The summed E-state index contributed by atoms with van der Waals surface area (Å²) in [5.41, 5.74) is 5.42. The number of carbonyl (C=O) groups excluding carboxylic acids is 1. The molecule has 19 heavy (non-hydrogen) atoms. The Morgan fingerprint density at radius 2 is 2.11 bits per heavy atom. The van der Waals surface area contributed by atoms with Crippen molar-refractivity contribution in [3.63, 3.8) is 0 Å². The normalized spacial score (nSPS) is 11.2. The molecule has 5 heteroatoms. The van der Waals surface area contributed by atoms with Gasteiger partial charge in [-0.05, 0) is 50.6 Å². The quantitative estimate of drug-likeness (QED) is 0.801. The number of esters is 1. The van der Waals surface area contributed by atoms with Gasteiger partial charge in [-0.1, -0.05) is 0 Å². The van der Waals surface area contributed by atoms with Gasteiger partial charge in [-0.15, -0.1) is 0 Å². The van der Waals surface area contributed by atoms with Crippen molar-refractivity contribution in [3.8, 4) is 5.75 Å². The van der Waals surface area contributed by atoms with E-state index in [1.807, 2.05) is 0 Å². The highest BCUT2D eigenvalue weighted by Gasteiger charge is 2.30. The highest BCUT2D eigenvalue weighted by atomic mass is 19.1. The van der Waals surface area contributed by atoms with Crippen molar-refractivity contribution in [2.45, 2.75) is 20.3 Å². The molecule has 0 bridgehead atoms. The molecule has 0 amide bonds. The summed E-state index contributed by atoms with van der Waals surface area (Å²) in [6.45, 7) is 4.01. The van der Waals surface area contributed by atoms with Crippen LogP contribution in [0, 0.1) is 11.2 Å². The number of halogens is 1. The molecule has 0 radical (unpaired) electrons. The molecule has 0 atom stereocenters. The predicted octanol–water partition coefficient (Wildman–Crippen LogP) is 1.90. The molecular weight excluding hydrogens is 249 g/mol. The van der Waals surface area contributed by atoms with Gasteiger partial charge >= 0.3 is 5.97 Å². The van der Waals surface area contributed by atoms with E-state index in [9.17, 15) is 9.18 Å². The van der Waals surface area contributed by atoms with Crippen LogP contribution in [-0.2, 0) is 16.0 Å². The van der Waals surface area contributed by atoms with Gasteiger partial charge in [0.25, 0.3) is 0 Å².